The van der Waals surface area contributed by atoms with Crippen LogP contribution >= 0.6 is 0 Å². The summed E-state index contributed by atoms with van der Waals surface area (Å²) in [6.45, 7) is 8.82. The van der Waals surface area contributed by atoms with Gasteiger partial charge < -0.3 is 20.1 Å². The lowest BCUT2D eigenvalue weighted by molar-refractivity contribution is -0.129. The molecule has 0 atom stereocenters. The molecule has 4 bridgehead atoms. The van der Waals surface area contributed by atoms with Crippen molar-refractivity contribution in [2.45, 2.75) is 85.1 Å². The minimum absolute atomic E-state index is 0.0977. The van der Waals surface area contributed by atoms with Crippen LogP contribution in [0.25, 0.3) is 16.6 Å². The quantitative estimate of drug-likeness (QED) is 0.224. The summed E-state index contributed by atoms with van der Waals surface area (Å²) in [5.74, 6) is 2.65. The number of amides is 2. The molecule has 11 heteroatoms. The Hall–Kier alpha value is -3.57. The minimum atomic E-state index is -0.254. The SMILES string of the molecule is Cc1ccc(-n2nc3c(=O)n(CCCC(=O)NCCOCCOCCNC(=O)CC45CC6CC(CC(C6)C4)C5)nc(C)c3c2C)cc1. The van der Waals surface area contributed by atoms with Gasteiger partial charge in [-0.1, -0.05) is 17.7 Å². The smallest absolute Gasteiger partial charge is 0.295 e. The van der Waals surface area contributed by atoms with Gasteiger partial charge in [-0.05, 0) is 101 Å². The predicted octanol–water partition coefficient (Wildman–Crippen LogP) is 4.16. The van der Waals surface area contributed by atoms with Gasteiger partial charge >= 0.3 is 0 Å². The molecule has 4 fully saturated rings. The molecule has 47 heavy (non-hydrogen) atoms. The van der Waals surface area contributed by atoms with Crippen LogP contribution < -0.4 is 16.2 Å². The predicted molar refractivity (Wildman–Crippen MR) is 179 cm³/mol. The van der Waals surface area contributed by atoms with Gasteiger partial charge in [0, 0.05) is 32.5 Å². The highest BCUT2D eigenvalue weighted by molar-refractivity contribution is 5.83. The van der Waals surface area contributed by atoms with E-state index in [1.165, 1.54) is 43.2 Å². The second-order valence-electron chi connectivity index (χ2n) is 14.3. The number of nitrogens with one attached hydrogen (secondary N) is 2. The Kier molecular flexibility index (Phi) is 10.4. The van der Waals surface area contributed by atoms with Gasteiger partial charge in [-0.15, -0.1) is 0 Å². The second kappa shape index (κ2) is 14.7. The highest BCUT2D eigenvalue weighted by Crippen LogP contribution is 2.61. The lowest BCUT2D eigenvalue weighted by Crippen LogP contribution is -2.48. The number of hydrogen-bond acceptors (Lipinski definition) is 7. The van der Waals surface area contributed by atoms with Crippen molar-refractivity contribution < 1.29 is 19.1 Å². The normalized spacial score (nSPS) is 23.0. The van der Waals surface area contributed by atoms with Crippen LogP contribution in [0.15, 0.2) is 29.1 Å². The van der Waals surface area contributed by atoms with Gasteiger partial charge in [0.15, 0.2) is 5.52 Å². The number of rotatable bonds is 16. The first-order valence-electron chi connectivity index (χ1n) is 17.4. The molecule has 0 saturated heterocycles. The molecule has 11 nitrogen and oxygen atoms in total. The Morgan fingerprint density at radius 3 is 2.06 bits per heavy atom. The van der Waals surface area contributed by atoms with Gasteiger partial charge in [0.1, 0.15) is 0 Å². The number of aryl methyl sites for hydroxylation is 4. The number of hydrogen-bond donors (Lipinski definition) is 2. The standard InChI is InChI=1S/C36H50N6O5/c1-24-6-8-30(9-7-24)42-26(3)33-25(2)39-41(35(45)34(33)40-42)12-4-5-31(43)37-10-13-46-15-16-47-14-11-38-32(44)23-36-20-27-17-28(21-36)19-29(18-27)22-36/h6-9,27-29H,4-5,10-23H2,1-3H3,(H,37,43)(H,38,44). The average Bonchev–Trinajstić information content (AvgIpc) is 3.37. The summed E-state index contributed by atoms with van der Waals surface area (Å²) >= 11 is 0. The summed E-state index contributed by atoms with van der Waals surface area (Å²) in [5, 5.41) is 15.8. The number of nitrogens with zero attached hydrogens (tertiary/aromatic N) is 4. The summed E-state index contributed by atoms with van der Waals surface area (Å²) in [6, 6.07) is 8.01. The zero-order valence-electron chi connectivity index (χ0n) is 28.2. The zero-order valence-corrected chi connectivity index (χ0v) is 28.2. The Bertz CT molecular complexity index is 1590. The number of aromatic nitrogens is 4. The van der Waals surface area contributed by atoms with Crippen molar-refractivity contribution in [3.05, 3.63) is 51.6 Å². The van der Waals surface area contributed by atoms with E-state index in [4.69, 9.17) is 9.47 Å². The van der Waals surface area contributed by atoms with Crippen molar-refractivity contribution in [2.75, 3.05) is 39.5 Å². The lowest BCUT2D eigenvalue weighted by atomic mass is 9.49. The molecule has 3 aromatic rings. The number of carbonyl (C=O) groups is 2. The van der Waals surface area contributed by atoms with E-state index < -0.39 is 0 Å². The van der Waals surface area contributed by atoms with Crippen LogP contribution in [0, 0.1) is 43.9 Å². The molecular weight excluding hydrogens is 596 g/mol. The number of ether oxygens (including phenoxy) is 2. The van der Waals surface area contributed by atoms with Crippen molar-refractivity contribution in [3.8, 4) is 5.69 Å². The third kappa shape index (κ3) is 7.95. The van der Waals surface area contributed by atoms with E-state index in [0.29, 0.717) is 64.4 Å². The highest BCUT2D eigenvalue weighted by atomic mass is 16.5. The summed E-state index contributed by atoms with van der Waals surface area (Å²) in [6.07, 6.45) is 9.37. The van der Waals surface area contributed by atoms with Crippen LogP contribution in [0.3, 0.4) is 0 Å². The molecule has 0 spiro atoms. The molecular formula is C36H50N6O5. The van der Waals surface area contributed by atoms with Crippen LogP contribution in [-0.4, -0.2) is 70.9 Å². The van der Waals surface area contributed by atoms with E-state index in [0.717, 1.165) is 45.8 Å². The largest absolute Gasteiger partial charge is 0.377 e. The Balaban J connectivity index is 0.819. The molecule has 254 valence electrons. The van der Waals surface area contributed by atoms with Crippen molar-refractivity contribution in [1.82, 2.24) is 30.2 Å². The molecule has 0 aliphatic heterocycles. The van der Waals surface area contributed by atoms with Crippen molar-refractivity contribution in [1.29, 1.82) is 0 Å². The third-order valence-electron chi connectivity index (χ3n) is 10.4. The summed E-state index contributed by atoms with van der Waals surface area (Å²) in [5.41, 5.74) is 4.05. The summed E-state index contributed by atoms with van der Waals surface area (Å²) in [7, 11) is 0. The first kappa shape index (κ1) is 33.3. The van der Waals surface area contributed by atoms with Crippen LogP contribution in [0.5, 0.6) is 0 Å². The van der Waals surface area contributed by atoms with Crippen molar-refractivity contribution >= 4 is 22.7 Å². The molecule has 4 saturated carbocycles. The molecule has 2 heterocycles. The molecule has 0 radical (unpaired) electrons. The maximum atomic E-state index is 13.2. The van der Waals surface area contributed by atoms with Crippen molar-refractivity contribution in [2.24, 2.45) is 23.2 Å². The van der Waals surface area contributed by atoms with E-state index in [-0.39, 0.29) is 29.2 Å². The molecule has 7 rings (SSSR count). The van der Waals surface area contributed by atoms with Gasteiger partial charge in [0.25, 0.3) is 5.56 Å². The fourth-order valence-electron chi connectivity index (χ4n) is 8.81. The Morgan fingerprint density at radius 1 is 0.851 bits per heavy atom. The van der Waals surface area contributed by atoms with E-state index in [1.807, 2.05) is 45.0 Å². The molecule has 2 amide bonds. The fraction of sp³-hybridized carbons (Fsp3) is 0.639. The summed E-state index contributed by atoms with van der Waals surface area (Å²) < 4.78 is 14.4. The molecule has 4 aliphatic carbocycles. The Morgan fingerprint density at radius 2 is 1.45 bits per heavy atom. The van der Waals surface area contributed by atoms with E-state index >= 15 is 0 Å². The van der Waals surface area contributed by atoms with E-state index in [1.54, 1.807) is 4.68 Å². The second-order valence-corrected chi connectivity index (χ2v) is 14.3. The van der Waals surface area contributed by atoms with Crippen LogP contribution in [0.4, 0.5) is 0 Å². The fourth-order valence-corrected chi connectivity index (χ4v) is 8.81. The van der Waals surface area contributed by atoms with Crippen LogP contribution in [-0.2, 0) is 25.6 Å². The minimum Gasteiger partial charge on any atom is -0.377 e. The summed E-state index contributed by atoms with van der Waals surface area (Å²) in [4.78, 5) is 38.2. The molecule has 4 aliphatic rings. The maximum Gasteiger partial charge on any atom is 0.295 e. The lowest BCUT2D eigenvalue weighted by Gasteiger charge is -2.56. The van der Waals surface area contributed by atoms with E-state index in [9.17, 15) is 14.4 Å². The maximum absolute atomic E-state index is 13.2. The van der Waals surface area contributed by atoms with E-state index in [2.05, 4.69) is 20.8 Å². The van der Waals surface area contributed by atoms with Crippen LogP contribution in [0.2, 0.25) is 0 Å². The Labute approximate surface area is 276 Å². The molecule has 1 aromatic carbocycles. The highest BCUT2D eigenvalue weighted by Gasteiger charge is 2.51. The number of fused-ring (bicyclic) bond motifs is 1. The first-order valence-corrected chi connectivity index (χ1v) is 17.4. The van der Waals surface area contributed by atoms with Crippen LogP contribution in [0.1, 0.15) is 74.7 Å². The van der Waals surface area contributed by atoms with Gasteiger partial charge in [-0.25, -0.2) is 9.36 Å². The molecule has 0 unspecified atom stereocenters. The third-order valence-corrected chi connectivity index (χ3v) is 10.4. The average molecular weight is 647 g/mol. The van der Waals surface area contributed by atoms with Gasteiger partial charge in [0.05, 0.1) is 48.9 Å². The molecule has 2 N–H and O–H groups in total. The first-order chi connectivity index (χ1) is 22.7. The zero-order chi connectivity index (χ0) is 33.0. The molecule has 2 aromatic heterocycles. The van der Waals surface area contributed by atoms with Crippen molar-refractivity contribution in [3.63, 3.8) is 0 Å². The van der Waals surface area contributed by atoms with Gasteiger partial charge in [-0.3, -0.25) is 14.4 Å². The number of benzene rings is 1. The number of carbonyl (C=O) groups excluding carboxylic acids is 2. The topological polar surface area (TPSA) is 129 Å². The monoisotopic (exact) mass is 646 g/mol. The van der Waals surface area contributed by atoms with Gasteiger partial charge in [0.2, 0.25) is 11.8 Å². The van der Waals surface area contributed by atoms with Gasteiger partial charge in [-0.2, -0.15) is 10.2 Å².